The number of carbonyl (C=O) groups excluding carboxylic acids is 1. The number of aromatic nitrogens is 2. The van der Waals surface area contributed by atoms with Gasteiger partial charge in [-0.1, -0.05) is 30.3 Å². The van der Waals surface area contributed by atoms with Crippen molar-refractivity contribution in [3.8, 4) is 0 Å². The minimum absolute atomic E-state index is 0.221. The van der Waals surface area contributed by atoms with E-state index >= 15 is 0 Å². The molecule has 128 valence electrons. The lowest BCUT2D eigenvalue weighted by atomic mass is 9.86. The normalized spacial score (nSPS) is 18.2. The molecule has 6 heteroatoms. The summed E-state index contributed by atoms with van der Waals surface area (Å²) >= 11 is 0. The van der Waals surface area contributed by atoms with Crippen LogP contribution in [0.1, 0.15) is 42.0 Å². The molecule has 1 aliphatic rings. The zero-order chi connectivity index (χ0) is 16.9. The Morgan fingerprint density at radius 1 is 1.33 bits per heavy atom. The molecule has 0 radical (unpaired) electrons. The van der Waals surface area contributed by atoms with Gasteiger partial charge in [-0.05, 0) is 37.7 Å². The van der Waals surface area contributed by atoms with Crippen LogP contribution in [0, 0.1) is 0 Å². The van der Waals surface area contributed by atoms with Crippen molar-refractivity contribution in [2.24, 2.45) is 0 Å². The van der Waals surface area contributed by atoms with E-state index < -0.39 is 12.5 Å². The van der Waals surface area contributed by atoms with Crippen LogP contribution < -0.4 is 5.32 Å². The van der Waals surface area contributed by atoms with E-state index in [1.54, 1.807) is 6.20 Å². The van der Waals surface area contributed by atoms with Crippen LogP contribution in [0.3, 0.4) is 0 Å². The molecule has 0 bridgehead atoms. The highest BCUT2D eigenvalue weighted by atomic mass is 19.3. The summed E-state index contributed by atoms with van der Waals surface area (Å²) in [5.74, 6) is -0.707. The Morgan fingerprint density at radius 2 is 2.12 bits per heavy atom. The quantitative estimate of drug-likeness (QED) is 0.853. The van der Waals surface area contributed by atoms with Gasteiger partial charge < -0.3 is 5.32 Å². The summed E-state index contributed by atoms with van der Waals surface area (Å²) in [6, 6.07) is 8.34. The lowest BCUT2D eigenvalue weighted by Gasteiger charge is -2.24. The summed E-state index contributed by atoms with van der Waals surface area (Å²) < 4.78 is 26.7. The van der Waals surface area contributed by atoms with Crippen LogP contribution in [0.15, 0.2) is 36.5 Å². The summed E-state index contributed by atoms with van der Waals surface area (Å²) in [5, 5.41) is 9.42. The van der Waals surface area contributed by atoms with Gasteiger partial charge in [0.1, 0.15) is 0 Å². The molecule has 2 aromatic rings. The lowest BCUT2D eigenvalue weighted by Crippen LogP contribution is -2.43. The van der Waals surface area contributed by atoms with E-state index in [2.05, 4.69) is 15.5 Å². The van der Waals surface area contributed by atoms with Gasteiger partial charge in [0.15, 0.2) is 0 Å². The number of rotatable bonds is 6. The molecule has 2 N–H and O–H groups in total. The summed E-state index contributed by atoms with van der Waals surface area (Å²) in [5.41, 5.74) is 2.78. The Balaban J connectivity index is 1.62. The number of aromatic amines is 1. The topological polar surface area (TPSA) is 57.8 Å². The Kier molecular flexibility index (Phi) is 5.23. The van der Waals surface area contributed by atoms with Gasteiger partial charge in [-0.25, -0.2) is 8.78 Å². The molecule has 0 spiro atoms. The smallest absolute Gasteiger partial charge is 0.258 e. The highest BCUT2D eigenvalue weighted by Crippen LogP contribution is 2.30. The fraction of sp³-hybridized carbons (Fsp3) is 0.444. The maximum Gasteiger partial charge on any atom is 0.258 e. The van der Waals surface area contributed by atoms with Crippen molar-refractivity contribution >= 4 is 5.91 Å². The molecular weight excluding hydrogens is 312 g/mol. The van der Waals surface area contributed by atoms with Crippen LogP contribution in [0.2, 0.25) is 0 Å². The van der Waals surface area contributed by atoms with E-state index in [0.717, 1.165) is 29.7 Å². The molecule has 1 heterocycles. The van der Waals surface area contributed by atoms with Gasteiger partial charge in [0.05, 0.1) is 18.2 Å². The molecular formula is C18H21F2N3O. The highest BCUT2D eigenvalue weighted by molar-refractivity contribution is 5.84. The number of amides is 1. The Bertz CT molecular complexity index is 672. The second-order valence-electron chi connectivity index (χ2n) is 6.22. The van der Waals surface area contributed by atoms with E-state index in [1.807, 2.05) is 30.3 Å². The minimum Gasteiger partial charge on any atom is -0.347 e. The van der Waals surface area contributed by atoms with Crippen LogP contribution in [-0.4, -0.2) is 28.6 Å². The number of alkyl halides is 2. The average molecular weight is 333 g/mol. The van der Waals surface area contributed by atoms with Gasteiger partial charge in [-0.2, -0.15) is 5.10 Å². The van der Waals surface area contributed by atoms with Crippen molar-refractivity contribution in [1.29, 1.82) is 0 Å². The molecule has 1 aliphatic carbocycles. The Morgan fingerprint density at radius 3 is 2.88 bits per heavy atom. The van der Waals surface area contributed by atoms with Gasteiger partial charge in [0.2, 0.25) is 5.91 Å². The van der Waals surface area contributed by atoms with E-state index in [1.165, 1.54) is 0 Å². The number of carbonyl (C=O) groups is 1. The van der Waals surface area contributed by atoms with Crippen LogP contribution in [0.5, 0.6) is 0 Å². The standard InChI is InChI=1S/C18H21F2N3O/c19-17(20)16(10-9-12-5-2-1-3-6-12)22-18(24)13-7-4-8-15-14(13)11-21-23-15/h1-3,5-6,11,13,16-17H,4,7-10H2,(H,21,23)(H,22,24). The first-order valence-corrected chi connectivity index (χ1v) is 8.29. The van der Waals surface area contributed by atoms with Crippen molar-refractivity contribution in [2.75, 3.05) is 0 Å². The van der Waals surface area contributed by atoms with Gasteiger partial charge in [0, 0.05) is 11.3 Å². The van der Waals surface area contributed by atoms with E-state index in [-0.39, 0.29) is 18.2 Å². The van der Waals surface area contributed by atoms with Crippen molar-refractivity contribution in [1.82, 2.24) is 15.5 Å². The van der Waals surface area contributed by atoms with Gasteiger partial charge in [-0.15, -0.1) is 0 Å². The highest BCUT2D eigenvalue weighted by Gasteiger charge is 2.31. The first-order chi connectivity index (χ1) is 11.6. The van der Waals surface area contributed by atoms with Crippen LogP contribution in [0.25, 0.3) is 0 Å². The number of nitrogens with one attached hydrogen (secondary N) is 2. The van der Waals surface area contributed by atoms with Crippen LogP contribution in [-0.2, 0) is 17.6 Å². The third kappa shape index (κ3) is 3.80. The predicted octanol–water partition coefficient (Wildman–Crippen LogP) is 3.21. The van der Waals surface area contributed by atoms with Crippen molar-refractivity contribution in [3.05, 3.63) is 53.3 Å². The molecule has 2 atom stereocenters. The summed E-state index contributed by atoms with van der Waals surface area (Å²) in [7, 11) is 0. The van der Waals surface area contributed by atoms with Gasteiger partial charge in [-0.3, -0.25) is 9.89 Å². The summed E-state index contributed by atoms with van der Waals surface area (Å²) in [6.07, 6.45) is 2.18. The summed E-state index contributed by atoms with van der Waals surface area (Å²) in [6.45, 7) is 0. The van der Waals surface area contributed by atoms with E-state index in [0.29, 0.717) is 12.8 Å². The van der Waals surface area contributed by atoms with Crippen molar-refractivity contribution < 1.29 is 13.6 Å². The number of hydrogen-bond acceptors (Lipinski definition) is 2. The second-order valence-corrected chi connectivity index (χ2v) is 6.22. The number of hydrogen-bond donors (Lipinski definition) is 2. The van der Waals surface area contributed by atoms with E-state index in [4.69, 9.17) is 0 Å². The molecule has 1 aromatic heterocycles. The molecule has 0 aliphatic heterocycles. The van der Waals surface area contributed by atoms with Crippen LogP contribution in [0.4, 0.5) is 8.78 Å². The Hall–Kier alpha value is -2.24. The molecule has 3 rings (SSSR count). The summed E-state index contributed by atoms with van der Waals surface area (Å²) in [4.78, 5) is 12.5. The SMILES string of the molecule is O=C(NC(CCc1ccccc1)C(F)F)C1CCCc2[nH]ncc21. The Labute approximate surface area is 139 Å². The van der Waals surface area contributed by atoms with E-state index in [9.17, 15) is 13.6 Å². The van der Waals surface area contributed by atoms with Gasteiger partial charge in [0.25, 0.3) is 6.43 Å². The number of benzene rings is 1. The van der Waals surface area contributed by atoms with Gasteiger partial charge >= 0.3 is 0 Å². The maximum atomic E-state index is 13.3. The van der Waals surface area contributed by atoms with Crippen LogP contribution >= 0.6 is 0 Å². The first-order valence-electron chi connectivity index (χ1n) is 8.29. The molecule has 24 heavy (non-hydrogen) atoms. The molecule has 1 aromatic carbocycles. The number of halogens is 2. The molecule has 0 fully saturated rings. The molecule has 0 saturated carbocycles. The number of aryl methyl sites for hydroxylation is 2. The fourth-order valence-electron chi connectivity index (χ4n) is 3.24. The maximum absolute atomic E-state index is 13.3. The zero-order valence-corrected chi connectivity index (χ0v) is 13.3. The minimum atomic E-state index is -2.58. The number of H-pyrrole nitrogens is 1. The second kappa shape index (κ2) is 7.55. The zero-order valence-electron chi connectivity index (χ0n) is 13.3. The third-order valence-corrected chi connectivity index (χ3v) is 4.58. The van der Waals surface area contributed by atoms with Crippen molar-refractivity contribution in [2.45, 2.75) is 50.5 Å². The monoisotopic (exact) mass is 333 g/mol. The molecule has 2 unspecified atom stereocenters. The lowest BCUT2D eigenvalue weighted by molar-refractivity contribution is -0.124. The van der Waals surface area contributed by atoms with Crippen molar-refractivity contribution in [3.63, 3.8) is 0 Å². The number of fused-ring (bicyclic) bond motifs is 1. The fourth-order valence-corrected chi connectivity index (χ4v) is 3.24. The molecule has 4 nitrogen and oxygen atoms in total. The third-order valence-electron chi connectivity index (χ3n) is 4.58. The largest absolute Gasteiger partial charge is 0.347 e. The average Bonchev–Trinajstić information content (AvgIpc) is 3.07. The predicted molar refractivity (Wildman–Crippen MR) is 87.0 cm³/mol. The molecule has 0 saturated heterocycles. The number of nitrogens with zero attached hydrogens (tertiary/aromatic N) is 1. The molecule has 1 amide bonds. The first kappa shape index (κ1) is 16.6.